The number of aromatic nitrogens is 2. The summed E-state index contributed by atoms with van der Waals surface area (Å²) in [5, 5.41) is 0. The van der Waals surface area contributed by atoms with Gasteiger partial charge < -0.3 is 14.5 Å². The van der Waals surface area contributed by atoms with Crippen molar-refractivity contribution in [2.75, 3.05) is 13.7 Å². The van der Waals surface area contributed by atoms with E-state index in [1.54, 1.807) is 7.11 Å². The van der Waals surface area contributed by atoms with Crippen LogP contribution in [0.15, 0.2) is 42.5 Å². The predicted octanol–water partition coefficient (Wildman–Crippen LogP) is 3.29. The second-order valence-electron chi connectivity index (χ2n) is 5.32. The minimum Gasteiger partial charge on any atom is -0.497 e. The van der Waals surface area contributed by atoms with Gasteiger partial charge in [-0.15, -0.1) is 0 Å². The molecule has 1 unspecified atom stereocenters. The summed E-state index contributed by atoms with van der Waals surface area (Å²) >= 11 is 0. The van der Waals surface area contributed by atoms with Crippen molar-refractivity contribution in [2.24, 2.45) is 0 Å². The lowest BCUT2D eigenvalue weighted by atomic mass is 9.96. The van der Waals surface area contributed by atoms with Crippen LogP contribution >= 0.6 is 0 Å². The van der Waals surface area contributed by atoms with Crippen LogP contribution in [-0.2, 0) is 6.42 Å². The lowest BCUT2D eigenvalue weighted by molar-refractivity contribution is 0.258. The van der Waals surface area contributed by atoms with E-state index in [1.165, 1.54) is 5.56 Å². The molecule has 1 N–H and O–H groups in total. The van der Waals surface area contributed by atoms with Crippen molar-refractivity contribution >= 4 is 11.0 Å². The molecule has 0 aliphatic carbocycles. The zero-order chi connectivity index (χ0) is 14.2. The summed E-state index contributed by atoms with van der Waals surface area (Å²) in [7, 11) is 1.67. The number of aromatic amines is 1. The molecule has 0 saturated carbocycles. The number of H-pyrrole nitrogens is 1. The van der Waals surface area contributed by atoms with E-state index in [4.69, 9.17) is 14.5 Å². The Hall–Kier alpha value is -2.49. The standard InChI is InChI=1S/C17H16N2O2/c1-20-13-6-7-14-15(9-13)19-17(18-14)12-8-11-4-2-3-5-16(11)21-10-12/h2-7,9,12H,8,10H2,1H3,(H,18,19). The number of para-hydroxylation sites is 1. The van der Waals surface area contributed by atoms with Crippen LogP contribution in [0.2, 0.25) is 0 Å². The Morgan fingerprint density at radius 2 is 2.14 bits per heavy atom. The van der Waals surface area contributed by atoms with Crippen LogP contribution in [0.4, 0.5) is 0 Å². The first-order chi connectivity index (χ1) is 10.3. The Balaban J connectivity index is 1.68. The molecule has 4 rings (SSSR count). The van der Waals surface area contributed by atoms with Crippen molar-refractivity contribution < 1.29 is 9.47 Å². The van der Waals surface area contributed by atoms with Crippen LogP contribution in [-0.4, -0.2) is 23.7 Å². The molecule has 4 heteroatoms. The summed E-state index contributed by atoms with van der Waals surface area (Å²) in [6.07, 6.45) is 0.952. The highest BCUT2D eigenvalue weighted by Crippen LogP contribution is 2.32. The van der Waals surface area contributed by atoms with Crippen molar-refractivity contribution in [3.05, 3.63) is 53.9 Å². The summed E-state index contributed by atoms with van der Waals surface area (Å²) in [4.78, 5) is 8.09. The Kier molecular flexibility index (Phi) is 2.81. The summed E-state index contributed by atoms with van der Waals surface area (Å²) in [5.41, 5.74) is 3.21. The monoisotopic (exact) mass is 280 g/mol. The molecule has 0 radical (unpaired) electrons. The molecule has 4 nitrogen and oxygen atoms in total. The number of methoxy groups -OCH3 is 1. The zero-order valence-electron chi connectivity index (χ0n) is 11.8. The average molecular weight is 280 g/mol. The van der Waals surface area contributed by atoms with Crippen LogP contribution in [0.1, 0.15) is 17.3 Å². The van der Waals surface area contributed by atoms with Gasteiger partial charge in [0.05, 0.1) is 30.7 Å². The molecule has 0 bridgehead atoms. The van der Waals surface area contributed by atoms with E-state index < -0.39 is 0 Å². The van der Waals surface area contributed by atoms with Crippen LogP contribution in [0.3, 0.4) is 0 Å². The molecule has 0 amide bonds. The lowest BCUT2D eigenvalue weighted by Gasteiger charge is -2.23. The number of ether oxygens (including phenoxy) is 2. The first-order valence-electron chi connectivity index (χ1n) is 7.08. The molecule has 3 aromatic rings. The average Bonchev–Trinajstić information content (AvgIpc) is 2.97. The third-order valence-corrected chi connectivity index (χ3v) is 3.97. The summed E-state index contributed by atoms with van der Waals surface area (Å²) in [5.74, 6) is 3.07. The van der Waals surface area contributed by atoms with Crippen molar-refractivity contribution in [2.45, 2.75) is 12.3 Å². The van der Waals surface area contributed by atoms with Gasteiger partial charge in [-0.25, -0.2) is 4.98 Å². The quantitative estimate of drug-likeness (QED) is 0.783. The lowest BCUT2D eigenvalue weighted by Crippen LogP contribution is -2.20. The number of hydrogen-bond donors (Lipinski definition) is 1. The third kappa shape index (κ3) is 2.13. The number of benzene rings is 2. The Morgan fingerprint density at radius 3 is 3.05 bits per heavy atom. The molecular weight excluding hydrogens is 264 g/mol. The van der Waals surface area contributed by atoms with Gasteiger partial charge >= 0.3 is 0 Å². The van der Waals surface area contributed by atoms with E-state index in [9.17, 15) is 0 Å². The van der Waals surface area contributed by atoms with Crippen molar-refractivity contribution in [1.82, 2.24) is 9.97 Å². The van der Waals surface area contributed by atoms with E-state index in [0.29, 0.717) is 6.61 Å². The van der Waals surface area contributed by atoms with Crippen LogP contribution in [0.5, 0.6) is 11.5 Å². The van der Waals surface area contributed by atoms with Crippen molar-refractivity contribution in [3.63, 3.8) is 0 Å². The zero-order valence-corrected chi connectivity index (χ0v) is 11.8. The van der Waals surface area contributed by atoms with Crippen molar-refractivity contribution in [3.8, 4) is 11.5 Å². The molecule has 106 valence electrons. The Morgan fingerprint density at radius 1 is 1.24 bits per heavy atom. The van der Waals surface area contributed by atoms with Crippen LogP contribution in [0, 0.1) is 0 Å². The number of nitrogens with one attached hydrogen (secondary N) is 1. The maximum absolute atomic E-state index is 5.85. The van der Waals surface area contributed by atoms with Gasteiger partial charge in [0.2, 0.25) is 0 Å². The highest BCUT2D eigenvalue weighted by molar-refractivity contribution is 5.77. The molecule has 0 spiro atoms. The minimum absolute atomic E-state index is 0.262. The number of imidazole rings is 1. The van der Waals surface area contributed by atoms with Crippen LogP contribution in [0.25, 0.3) is 11.0 Å². The highest BCUT2D eigenvalue weighted by Gasteiger charge is 2.23. The summed E-state index contributed by atoms with van der Waals surface area (Å²) in [6.45, 7) is 0.661. The Labute approximate surface area is 122 Å². The molecule has 1 aromatic heterocycles. The molecule has 2 aromatic carbocycles. The molecule has 21 heavy (non-hydrogen) atoms. The van der Waals surface area contributed by atoms with E-state index in [2.05, 4.69) is 11.1 Å². The SMILES string of the molecule is COc1ccc2nc(C3COc4ccccc4C3)[nH]c2c1. The number of hydrogen-bond acceptors (Lipinski definition) is 3. The smallest absolute Gasteiger partial charge is 0.122 e. The van der Waals surface area contributed by atoms with Gasteiger partial charge in [0.25, 0.3) is 0 Å². The van der Waals surface area contributed by atoms with Gasteiger partial charge in [-0.2, -0.15) is 0 Å². The summed E-state index contributed by atoms with van der Waals surface area (Å²) < 4.78 is 11.1. The minimum atomic E-state index is 0.262. The van der Waals surface area contributed by atoms with Crippen LogP contribution < -0.4 is 9.47 Å². The van der Waals surface area contributed by atoms with Gasteiger partial charge in [-0.3, -0.25) is 0 Å². The van der Waals surface area contributed by atoms with Gasteiger partial charge in [0.1, 0.15) is 17.3 Å². The molecular formula is C17H16N2O2. The van der Waals surface area contributed by atoms with Crippen molar-refractivity contribution in [1.29, 1.82) is 0 Å². The maximum Gasteiger partial charge on any atom is 0.122 e. The predicted molar refractivity (Wildman–Crippen MR) is 81.0 cm³/mol. The highest BCUT2D eigenvalue weighted by atomic mass is 16.5. The second-order valence-corrected chi connectivity index (χ2v) is 5.32. The van der Waals surface area contributed by atoms with E-state index in [0.717, 1.165) is 34.8 Å². The topological polar surface area (TPSA) is 47.1 Å². The fourth-order valence-corrected chi connectivity index (χ4v) is 2.83. The normalized spacial score (nSPS) is 17.3. The fourth-order valence-electron chi connectivity index (χ4n) is 2.83. The molecule has 0 saturated heterocycles. The molecule has 1 aliphatic heterocycles. The number of nitrogens with zero attached hydrogens (tertiary/aromatic N) is 1. The first kappa shape index (κ1) is 12.3. The maximum atomic E-state index is 5.85. The van der Waals surface area contributed by atoms with E-state index in [-0.39, 0.29) is 5.92 Å². The molecule has 1 aliphatic rings. The fraction of sp³-hybridized carbons (Fsp3) is 0.235. The van der Waals surface area contributed by atoms with E-state index in [1.807, 2.05) is 36.4 Å². The molecule has 1 atom stereocenters. The summed E-state index contributed by atoms with van der Waals surface area (Å²) in [6, 6.07) is 14.1. The number of fused-ring (bicyclic) bond motifs is 2. The molecule has 0 fully saturated rings. The second kappa shape index (κ2) is 4.81. The largest absolute Gasteiger partial charge is 0.497 e. The molecule has 2 heterocycles. The Bertz CT molecular complexity index is 794. The number of rotatable bonds is 2. The van der Waals surface area contributed by atoms with Gasteiger partial charge in [0, 0.05) is 6.07 Å². The third-order valence-electron chi connectivity index (χ3n) is 3.97. The van der Waals surface area contributed by atoms with Gasteiger partial charge in [-0.1, -0.05) is 18.2 Å². The van der Waals surface area contributed by atoms with Gasteiger partial charge in [0.15, 0.2) is 0 Å². The van der Waals surface area contributed by atoms with E-state index >= 15 is 0 Å². The van der Waals surface area contributed by atoms with Gasteiger partial charge in [-0.05, 0) is 30.2 Å². The first-order valence-corrected chi connectivity index (χ1v) is 7.08.